The van der Waals surface area contributed by atoms with Crippen molar-refractivity contribution >= 4 is 15.4 Å². The molecule has 0 saturated heterocycles. The zero-order valence-electron chi connectivity index (χ0n) is 19.2. The Morgan fingerprint density at radius 3 is 0.767 bits per heavy atom. The average molecular weight is 584 g/mol. The number of hydrogen-bond donors (Lipinski definition) is 0. The summed E-state index contributed by atoms with van der Waals surface area (Å²) in [6.07, 6.45) is 0. The molecule has 177 valence electrons. The van der Waals surface area contributed by atoms with Crippen LogP contribution in [0.1, 0.15) is 62.3 Å². The van der Waals surface area contributed by atoms with Crippen LogP contribution in [-0.4, -0.2) is 42.1 Å². The topological polar surface area (TPSA) is 71.4 Å². The molecular weight excluding hydrogens is 548 g/mol. The van der Waals surface area contributed by atoms with Gasteiger partial charge < -0.3 is 17.2 Å². The first-order valence-corrected chi connectivity index (χ1v) is 11.1. The quantitative estimate of drug-likeness (QED) is 0.167. The summed E-state index contributed by atoms with van der Waals surface area (Å²) in [5, 5.41) is -9.97. The van der Waals surface area contributed by atoms with E-state index in [0.717, 1.165) is 0 Å². The van der Waals surface area contributed by atoms with Crippen LogP contribution in [0.2, 0.25) is 0 Å². The van der Waals surface area contributed by atoms with E-state index in [1.54, 1.807) is 0 Å². The van der Waals surface area contributed by atoms with Gasteiger partial charge in [0.15, 0.2) is 0 Å². The van der Waals surface area contributed by atoms with Gasteiger partial charge in [-0.05, 0) is 0 Å². The van der Waals surface area contributed by atoms with Gasteiger partial charge in [0.25, 0.3) is 0 Å². The van der Waals surface area contributed by atoms with E-state index in [9.17, 15) is 26.3 Å². The maximum atomic E-state index is 10.9. The first kappa shape index (κ1) is 40.6. The summed E-state index contributed by atoms with van der Waals surface area (Å²) in [4.78, 5) is 0. The van der Waals surface area contributed by atoms with E-state index in [4.69, 9.17) is 17.2 Å². The molecule has 0 atom stereocenters. The molecule has 0 spiro atoms. The molecule has 0 aliphatic carbocycles. The Labute approximate surface area is 203 Å². The summed E-state index contributed by atoms with van der Waals surface area (Å²) in [6.45, 7) is 16.7. The van der Waals surface area contributed by atoms with Crippen molar-refractivity contribution in [1.82, 2.24) is 0 Å². The van der Waals surface area contributed by atoms with E-state index in [1.165, 1.54) is 0 Å². The summed E-state index contributed by atoms with van der Waals surface area (Å²) in [6, 6.07) is 10.0. The molecule has 0 saturated carbocycles. The molecule has 0 bridgehead atoms. The Kier molecular flexibility index (Phi) is 24.0. The fourth-order valence-corrected chi connectivity index (χ4v) is 1.29. The Bertz CT molecular complexity index is 381. The molecule has 3 N–H and O–H groups in total. The van der Waals surface area contributed by atoms with Crippen LogP contribution in [0.25, 0.3) is 17.2 Å². The van der Waals surface area contributed by atoms with Crippen molar-refractivity contribution in [1.29, 1.82) is 0 Å². The molecule has 1 rings (SSSR count). The SMILES string of the molecule is CC(C)(C)[NH-].CC(C)(C)[NH-].CC(C)(C)[NH-].F[C](F)(F)[GeH][C](F)(F)F.[Zr+4].c1cc[cH-]c1. The van der Waals surface area contributed by atoms with Gasteiger partial charge in [-0.2, -0.15) is 18.2 Å². The molecule has 0 aliphatic heterocycles. The standard InChI is InChI=1S/C5H5.3C4H10N.C2HF6Ge.Zr/c1-2-4-5-3-1;3*1-4(2,3)5;3-1(4,5)9-2(6,7)8;/h1-5H;3*5H,1-3H3;9H;/q4*-1;;+4. The Morgan fingerprint density at radius 1 is 0.567 bits per heavy atom. The van der Waals surface area contributed by atoms with Gasteiger partial charge in [0.1, 0.15) is 0 Å². The van der Waals surface area contributed by atoms with Crippen molar-refractivity contribution in [2.24, 2.45) is 0 Å². The van der Waals surface area contributed by atoms with E-state index in [1.807, 2.05) is 92.6 Å². The minimum Gasteiger partial charge on any atom is -0.214 e. The van der Waals surface area contributed by atoms with Crippen LogP contribution in [0, 0.1) is 0 Å². The predicted molar refractivity (Wildman–Crippen MR) is 114 cm³/mol. The maximum absolute atomic E-state index is 10.9. The largest absolute Gasteiger partial charge is 4.00 e. The van der Waals surface area contributed by atoms with E-state index in [0.29, 0.717) is 0 Å². The first-order chi connectivity index (χ1) is 12.2. The van der Waals surface area contributed by atoms with Gasteiger partial charge >= 0.3 is 78.0 Å². The van der Waals surface area contributed by atoms with E-state index in [2.05, 4.69) is 0 Å². The summed E-state index contributed by atoms with van der Waals surface area (Å²) in [5.41, 5.74) is 20.1. The molecule has 11 heteroatoms. The molecule has 0 amide bonds. The second-order valence-electron chi connectivity index (χ2n) is 8.94. The molecule has 0 aromatic heterocycles. The van der Waals surface area contributed by atoms with Crippen LogP contribution in [0.5, 0.6) is 0 Å². The smallest absolute Gasteiger partial charge is 0.214 e. The molecule has 1 aromatic carbocycles. The Morgan fingerprint density at radius 2 is 0.733 bits per heavy atom. The predicted octanol–water partition coefficient (Wildman–Crippen LogP) is 8.38. The third kappa shape index (κ3) is 166. The van der Waals surface area contributed by atoms with Gasteiger partial charge in [-0.3, -0.25) is 0 Å². The van der Waals surface area contributed by atoms with Gasteiger partial charge in [-0.25, -0.2) is 12.1 Å². The fraction of sp³-hybridized carbons (Fsp3) is 0.737. The second-order valence-corrected chi connectivity index (χ2v) is 12.3. The number of alkyl halides is 6. The van der Waals surface area contributed by atoms with Crippen LogP contribution >= 0.6 is 0 Å². The summed E-state index contributed by atoms with van der Waals surface area (Å²) in [5.74, 6) is 0. The number of nitrogens with one attached hydrogen (secondary N) is 3. The van der Waals surface area contributed by atoms with Crippen molar-refractivity contribution in [3.05, 3.63) is 47.5 Å². The van der Waals surface area contributed by atoms with Gasteiger partial charge in [0.2, 0.25) is 0 Å². The molecule has 1 radical (unpaired) electrons. The molecule has 3 nitrogen and oxygen atoms in total. The van der Waals surface area contributed by atoms with Gasteiger partial charge in [-0.15, -0.1) is 16.6 Å². The molecule has 0 aliphatic rings. The molecule has 0 unspecified atom stereocenters. The number of halogens is 6. The normalized spacial score (nSPS) is 11.5. The first-order valence-electron chi connectivity index (χ1n) is 8.63. The van der Waals surface area contributed by atoms with E-state index in [-0.39, 0.29) is 42.8 Å². The van der Waals surface area contributed by atoms with Crippen LogP contribution in [0.4, 0.5) is 26.3 Å². The third-order valence-corrected chi connectivity index (χ3v) is 2.26. The van der Waals surface area contributed by atoms with E-state index < -0.39 is 25.4 Å². The monoisotopic (exact) mass is 584 g/mol. The third-order valence-electron chi connectivity index (χ3n) is 0.883. The Balaban J connectivity index is -0.0000000884. The van der Waals surface area contributed by atoms with Gasteiger partial charge in [0.05, 0.1) is 0 Å². The van der Waals surface area contributed by atoms with Crippen molar-refractivity contribution in [3.63, 3.8) is 0 Å². The van der Waals surface area contributed by atoms with Crippen LogP contribution in [-0.2, 0) is 26.2 Å². The van der Waals surface area contributed by atoms with Gasteiger partial charge in [0, 0.05) is 0 Å². The maximum Gasteiger partial charge on any atom is 4.00 e. The molecule has 1 aromatic rings. The van der Waals surface area contributed by atoms with Crippen LogP contribution in [0.3, 0.4) is 0 Å². The average Bonchev–Trinajstić information content (AvgIpc) is 2.71. The fourth-order valence-electron chi connectivity index (χ4n) is 0.506. The van der Waals surface area contributed by atoms with Crippen LogP contribution < -0.4 is 0 Å². The van der Waals surface area contributed by atoms with Crippen molar-refractivity contribution in [2.75, 3.05) is 0 Å². The second kappa shape index (κ2) is 17.8. The number of hydrogen-bond acceptors (Lipinski definition) is 0. The van der Waals surface area contributed by atoms with Crippen LogP contribution in [0.15, 0.2) is 30.3 Å². The summed E-state index contributed by atoms with van der Waals surface area (Å²) in [7, 11) is 0. The van der Waals surface area contributed by atoms with Crippen molar-refractivity contribution in [3.8, 4) is 0 Å². The molecule has 0 fully saturated rings. The molecule has 30 heavy (non-hydrogen) atoms. The van der Waals surface area contributed by atoms with E-state index >= 15 is 0 Å². The van der Waals surface area contributed by atoms with Gasteiger partial charge in [-0.1, -0.05) is 62.3 Å². The van der Waals surface area contributed by atoms with Crippen molar-refractivity contribution in [2.45, 2.75) is 88.9 Å². The van der Waals surface area contributed by atoms with Crippen molar-refractivity contribution < 1.29 is 52.5 Å². The summed E-state index contributed by atoms with van der Waals surface area (Å²) < 4.78 is 65.4. The minimum atomic E-state index is -4.98. The summed E-state index contributed by atoms with van der Waals surface area (Å²) >= 11 is -4.06. The Hall–Kier alpha value is 0.236. The molecular formula is C19H36F6GeN3Zr. The molecule has 0 heterocycles. The zero-order valence-corrected chi connectivity index (χ0v) is 24.1. The zero-order chi connectivity index (χ0) is 24.7. The number of rotatable bonds is 0. The minimum absolute atomic E-state index is 0.